The van der Waals surface area contributed by atoms with E-state index in [2.05, 4.69) is 26.3 Å². The van der Waals surface area contributed by atoms with Gasteiger partial charge in [0.1, 0.15) is 11.6 Å². The van der Waals surface area contributed by atoms with Gasteiger partial charge >= 0.3 is 0 Å². The fourth-order valence-corrected chi connectivity index (χ4v) is 2.90. The molecule has 132 valence electrons. The van der Waals surface area contributed by atoms with E-state index in [1.165, 1.54) is 6.42 Å². The zero-order valence-corrected chi connectivity index (χ0v) is 14.9. The molecule has 3 aromatic rings. The van der Waals surface area contributed by atoms with Crippen molar-refractivity contribution in [2.45, 2.75) is 38.8 Å². The Kier molecular flexibility index (Phi) is 4.78. The van der Waals surface area contributed by atoms with E-state index in [1.54, 1.807) is 12.4 Å². The predicted octanol–water partition coefficient (Wildman–Crippen LogP) is 4.39. The van der Waals surface area contributed by atoms with Gasteiger partial charge in [0.25, 0.3) is 0 Å². The molecule has 1 N–H and O–H groups in total. The van der Waals surface area contributed by atoms with Gasteiger partial charge in [-0.2, -0.15) is 0 Å². The Morgan fingerprint density at radius 2 is 2.00 bits per heavy atom. The quantitative estimate of drug-likeness (QED) is 0.717. The topological polar surface area (TPSA) is 59.9 Å². The molecule has 1 aliphatic rings. The number of pyridine rings is 1. The van der Waals surface area contributed by atoms with Crippen molar-refractivity contribution in [1.29, 1.82) is 0 Å². The molecule has 0 aliphatic heterocycles. The summed E-state index contributed by atoms with van der Waals surface area (Å²) in [5.74, 6) is 2.44. The molecular weight excluding hydrogens is 324 g/mol. The van der Waals surface area contributed by atoms with Crippen LogP contribution in [0.3, 0.4) is 0 Å². The number of rotatable bonds is 6. The Balaban J connectivity index is 1.51. The van der Waals surface area contributed by atoms with Crippen LogP contribution < -0.4 is 10.1 Å². The number of hydrogen-bond acceptors (Lipinski definition) is 5. The van der Waals surface area contributed by atoms with Crippen LogP contribution in [0.25, 0.3) is 11.4 Å². The van der Waals surface area contributed by atoms with E-state index < -0.39 is 0 Å². The van der Waals surface area contributed by atoms with Gasteiger partial charge in [0.05, 0.1) is 6.10 Å². The molecule has 0 atom stereocenters. The fourth-order valence-electron chi connectivity index (χ4n) is 2.90. The van der Waals surface area contributed by atoms with Crippen LogP contribution in [0.15, 0.2) is 54.9 Å². The Morgan fingerprint density at radius 3 is 2.77 bits per heavy atom. The number of anilines is 1. The summed E-state index contributed by atoms with van der Waals surface area (Å²) in [7, 11) is 0. The molecule has 5 heteroatoms. The molecule has 0 saturated heterocycles. The Hall–Kier alpha value is -2.95. The lowest BCUT2D eigenvalue weighted by atomic mass is 9.96. The second kappa shape index (κ2) is 7.52. The molecule has 1 aliphatic carbocycles. The van der Waals surface area contributed by atoms with E-state index in [0.29, 0.717) is 18.5 Å². The molecule has 4 rings (SSSR count). The summed E-state index contributed by atoms with van der Waals surface area (Å²) in [6, 6.07) is 14.0. The maximum Gasteiger partial charge on any atom is 0.163 e. The molecule has 1 aromatic carbocycles. The van der Waals surface area contributed by atoms with Crippen molar-refractivity contribution in [3.63, 3.8) is 0 Å². The molecule has 5 nitrogen and oxygen atoms in total. The summed E-state index contributed by atoms with van der Waals surface area (Å²) >= 11 is 0. The van der Waals surface area contributed by atoms with Crippen molar-refractivity contribution in [1.82, 2.24) is 15.0 Å². The molecule has 2 aromatic heterocycles. The predicted molar refractivity (Wildman–Crippen MR) is 102 cm³/mol. The van der Waals surface area contributed by atoms with Crippen molar-refractivity contribution in [3.05, 3.63) is 66.1 Å². The second-order valence-electron chi connectivity index (χ2n) is 6.59. The van der Waals surface area contributed by atoms with E-state index in [1.807, 2.05) is 43.3 Å². The minimum Gasteiger partial charge on any atom is -0.490 e. The zero-order valence-electron chi connectivity index (χ0n) is 14.9. The average molecular weight is 346 g/mol. The summed E-state index contributed by atoms with van der Waals surface area (Å²) in [6.45, 7) is 2.63. The normalized spacial score (nSPS) is 13.9. The van der Waals surface area contributed by atoms with Crippen LogP contribution in [0.4, 0.5) is 5.82 Å². The van der Waals surface area contributed by atoms with Gasteiger partial charge in [-0.15, -0.1) is 0 Å². The number of ether oxygens (including phenoxy) is 1. The van der Waals surface area contributed by atoms with Gasteiger partial charge in [-0.05, 0) is 44.4 Å². The first-order valence-electron chi connectivity index (χ1n) is 9.02. The van der Waals surface area contributed by atoms with Crippen molar-refractivity contribution < 1.29 is 4.74 Å². The monoisotopic (exact) mass is 346 g/mol. The lowest BCUT2D eigenvalue weighted by molar-refractivity contribution is 0.119. The molecule has 0 amide bonds. The number of hydrogen-bond donors (Lipinski definition) is 1. The SMILES string of the molecule is Cc1cc(NCc2ccccc2OC2CCC2)nc(-c2cccnc2)n1. The van der Waals surface area contributed by atoms with Crippen LogP contribution in [0, 0.1) is 6.92 Å². The van der Waals surface area contributed by atoms with Crippen LogP contribution >= 0.6 is 0 Å². The first kappa shape index (κ1) is 16.5. The van der Waals surface area contributed by atoms with E-state index in [-0.39, 0.29) is 0 Å². The third-order valence-electron chi connectivity index (χ3n) is 4.55. The van der Waals surface area contributed by atoms with Gasteiger partial charge in [-0.25, -0.2) is 9.97 Å². The van der Waals surface area contributed by atoms with Crippen molar-refractivity contribution in [2.24, 2.45) is 0 Å². The van der Waals surface area contributed by atoms with E-state index in [9.17, 15) is 0 Å². The number of nitrogens with one attached hydrogen (secondary N) is 1. The summed E-state index contributed by atoms with van der Waals surface area (Å²) in [4.78, 5) is 13.3. The number of aryl methyl sites for hydroxylation is 1. The minimum absolute atomic E-state index is 0.370. The summed E-state index contributed by atoms with van der Waals surface area (Å²) in [5.41, 5.74) is 2.96. The van der Waals surface area contributed by atoms with Crippen LogP contribution in [0.5, 0.6) is 5.75 Å². The average Bonchev–Trinajstić information content (AvgIpc) is 2.64. The molecule has 0 spiro atoms. The molecule has 1 saturated carbocycles. The highest BCUT2D eigenvalue weighted by Crippen LogP contribution is 2.28. The third-order valence-corrected chi connectivity index (χ3v) is 4.55. The lowest BCUT2D eigenvalue weighted by Crippen LogP contribution is -2.25. The largest absolute Gasteiger partial charge is 0.490 e. The van der Waals surface area contributed by atoms with E-state index in [4.69, 9.17) is 4.74 Å². The van der Waals surface area contributed by atoms with Gasteiger partial charge in [0.15, 0.2) is 5.82 Å². The maximum atomic E-state index is 6.11. The van der Waals surface area contributed by atoms with E-state index in [0.717, 1.165) is 41.2 Å². The van der Waals surface area contributed by atoms with Crippen LogP contribution in [-0.2, 0) is 6.54 Å². The van der Waals surface area contributed by atoms with Crippen LogP contribution in [-0.4, -0.2) is 21.1 Å². The van der Waals surface area contributed by atoms with Gasteiger partial charge in [0, 0.05) is 41.8 Å². The van der Waals surface area contributed by atoms with Gasteiger partial charge in [-0.1, -0.05) is 18.2 Å². The third kappa shape index (κ3) is 3.82. The molecule has 0 radical (unpaired) electrons. The highest BCUT2D eigenvalue weighted by molar-refractivity contribution is 5.56. The molecule has 1 fully saturated rings. The van der Waals surface area contributed by atoms with Crippen molar-refractivity contribution in [3.8, 4) is 17.1 Å². The van der Waals surface area contributed by atoms with Crippen molar-refractivity contribution >= 4 is 5.82 Å². The molecular formula is C21H22N4O. The van der Waals surface area contributed by atoms with Crippen LogP contribution in [0.1, 0.15) is 30.5 Å². The first-order chi connectivity index (χ1) is 12.8. The Labute approximate surface area is 153 Å². The summed E-state index contributed by atoms with van der Waals surface area (Å²) in [6.07, 6.45) is 7.47. The lowest BCUT2D eigenvalue weighted by Gasteiger charge is -2.27. The summed E-state index contributed by atoms with van der Waals surface area (Å²) in [5, 5.41) is 3.41. The fraction of sp³-hybridized carbons (Fsp3) is 0.286. The number of benzene rings is 1. The maximum absolute atomic E-state index is 6.11. The molecule has 2 heterocycles. The zero-order chi connectivity index (χ0) is 17.8. The molecule has 0 bridgehead atoms. The van der Waals surface area contributed by atoms with Gasteiger partial charge in [0.2, 0.25) is 0 Å². The smallest absolute Gasteiger partial charge is 0.163 e. The van der Waals surface area contributed by atoms with Crippen molar-refractivity contribution in [2.75, 3.05) is 5.32 Å². The number of nitrogens with zero attached hydrogens (tertiary/aromatic N) is 3. The van der Waals surface area contributed by atoms with Gasteiger partial charge in [-0.3, -0.25) is 4.98 Å². The summed E-state index contributed by atoms with van der Waals surface area (Å²) < 4.78 is 6.11. The highest BCUT2D eigenvalue weighted by Gasteiger charge is 2.20. The van der Waals surface area contributed by atoms with Gasteiger partial charge < -0.3 is 10.1 Å². The first-order valence-corrected chi connectivity index (χ1v) is 9.02. The Morgan fingerprint density at radius 1 is 1.12 bits per heavy atom. The number of para-hydroxylation sites is 1. The molecule has 0 unspecified atom stereocenters. The highest BCUT2D eigenvalue weighted by atomic mass is 16.5. The Bertz CT molecular complexity index is 878. The number of aromatic nitrogens is 3. The van der Waals surface area contributed by atoms with Crippen LogP contribution in [0.2, 0.25) is 0 Å². The van der Waals surface area contributed by atoms with E-state index >= 15 is 0 Å². The minimum atomic E-state index is 0.370. The standard InChI is InChI=1S/C21H22N4O/c1-15-12-20(25-21(24-15)17-7-5-11-22-13-17)23-14-16-6-2-3-10-19(16)26-18-8-4-9-18/h2-3,5-7,10-13,18H,4,8-9,14H2,1H3,(H,23,24,25). The second-order valence-corrected chi connectivity index (χ2v) is 6.59. The molecule has 26 heavy (non-hydrogen) atoms.